The third kappa shape index (κ3) is 1.73. The van der Waals surface area contributed by atoms with Gasteiger partial charge >= 0.3 is 18.0 Å². The Morgan fingerprint density at radius 1 is 0.700 bits per heavy atom. The zero-order chi connectivity index (χ0) is 6.85. The molecule has 10 heavy (non-hydrogen) atoms. The van der Waals surface area contributed by atoms with Crippen molar-refractivity contribution >= 4 is 0 Å². The van der Waals surface area contributed by atoms with Crippen molar-refractivity contribution in [1.82, 2.24) is 15.0 Å². The minimum absolute atomic E-state index is 0. The third-order valence-electron chi connectivity index (χ3n) is 0.600. The van der Waals surface area contributed by atoms with Gasteiger partial charge in [0.05, 0.1) is 0 Å². The molecular weight excluding hydrogens is 138 g/mol. The molecule has 0 saturated heterocycles. The van der Waals surface area contributed by atoms with E-state index >= 15 is 0 Å². The molecule has 1 rings (SSSR count). The summed E-state index contributed by atoms with van der Waals surface area (Å²) in [5.74, 6) is 0. The van der Waals surface area contributed by atoms with Crippen molar-refractivity contribution < 1.29 is 15.3 Å². The van der Waals surface area contributed by atoms with Crippen LogP contribution < -0.4 is 0 Å². The van der Waals surface area contributed by atoms with Crippen LogP contribution >= 0.6 is 0 Å². The first-order chi connectivity index (χ1) is 4.18. The highest BCUT2D eigenvalue weighted by atomic mass is 16.3. The van der Waals surface area contributed by atoms with Gasteiger partial charge in [0, 0.05) is 0 Å². The molecule has 3 N–H and O–H groups in total. The minimum Gasteiger partial charge on any atom is -0.479 e. The Morgan fingerprint density at radius 3 is 1.10 bits per heavy atom. The molecule has 1 heterocycles. The largest absolute Gasteiger partial charge is 0.479 e. The smallest absolute Gasteiger partial charge is 0.323 e. The molecular formula is C4H7N3O3. The van der Waals surface area contributed by atoms with Crippen LogP contribution in [-0.4, -0.2) is 30.3 Å². The number of hydrogen-bond acceptors (Lipinski definition) is 6. The lowest BCUT2D eigenvalue weighted by Crippen LogP contribution is -1.85. The molecule has 0 aliphatic heterocycles. The summed E-state index contributed by atoms with van der Waals surface area (Å²) in [6, 6.07) is -2.12. The van der Waals surface area contributed by atoms with E-state index in [0.29, 0.717) is 0 Å². The number of nitrogens with zero attached hydrogens (tertiary/aromatic N) is 3. The van der Waals surface area contributed by atoms with Crippen LogP contribution in [-0.2, 0) is 0 Å². The maximum Gasteiger partial charge on any atom is 0.323 e. The van der Waals surface area contributed by atoms with Gasteiger partial charge in [-0.15, -0.1) is 15.0 Å². The lowest BCUT2D eigenvalue weighted by atomic mass is 10.9. The number of aromatic nitrogens is 3. The zero-order valence-electron chi connectivity index (χ0n) is 4.18. The highest BCUT2D eigenvalue weighted by Crippen LogP contribution is 2.08. The molecule has 6 nitrogen and oxygen atoms in total. The van der Waals surface area contributed by atoms with E-state index in [-0.39, 0.29) is 7.43 Å². The fraction of sp³-hybridized carbons (Fsp3) is 0.250. The monoisotopic (exact) mass is 145 g/mol. The van der Waals surface area contributed by atoms with E-state index in [9.17, 15) is 0 Å². The second-order valence-electron chi connectivity index (χ2n) is 1.24. The van der Waals surface area contributed by atoms with Crippen LogP contribution in [0, 0.1) is 0 Å². The summed E-state index contributed by atoms with van der Waals surface area (Å²) in [6.07, 6.45) is 0. The molecule has 56 valence electrons. The lowest BCUT2D eigenvalue weighted by molar-refractivity contribution is 0.344. The molecule has 1 aromatic heterocycles. The second kappa shape index (κ2) is 2.81. The molecule has 0 aliphatic rings. The number of hydrogen-bond donors (Lipinski definition) is 3. The minimum atomic E-state index is -0.708. The summed E-state index contributed by atoms with van der Waals surface area (Å²) in [5, 5.41) is 25.2. The fourth-order valence-corrected chi connectivity index (χ4v) is 0.343. The lowest BCUT2D eigenvalue weighted by Gasteiger charge is -1.90. The zero-order valence-corrected chi connectivity index (χ0v) is 4.18. The van der Waals surface area contributed by atoms with E-state index < -0.39 is 18.0 Å². The average molecular weight is 145 g/mol. The van der Waals surface area contributed by atoms with Gasteiger partial charge in [-0.25, -0.2) is 0 Å². The van der Waals surface area contributed by atoms with Crippen LogP contribution in [0.25, 0.3) is 0 Å². The van der Waals surface area contributed by atoms with Crippen LogP contribution in [0.15, 0.2) is 0 Å². The molecule has 0 aromatic carbocycles. The van der Waals surface area contributed by atoms with Crippen molar-refractivity contribution in [3.63, 3.8) is 0 Å². The van der Waals surface area contributed by atoms with E-state index in [0.717, 1.165) is 0 Å². The van der Waals surface area contributed by atoms with Gasteiger partial charge in [-0.3, -0.25) is 0 Å². The first-order valence-corrected chi connectivity index (χ1v) is 2.01. The third-order valence-corrected chi connectivity index (χ3v) is 0.600. The summed E-state index contributed by atoms with van der Waals surface area (Å²) < 4.78 is 0. The quantitative estimate of drug-likeness (QED) is 0.460. The fourth-order valence-electron chi connectivity index (χ4n) is 0.343. The normalized spacial score (nSPS) is 8.40. The van der Waals surface area contributed by atoms with Crippen molar-refractivity contribution in [3.05, 3.63) is 0 Å². The van der Waals surface area contributed by atoms with Gasteiger partial charge in [-0.05, 0) is 0 Å². The average Bonchev–Trinajstić information content (AvgIpc) is 1.59. The van der Waals surface area contributed by atoms with Gasteiger partial charge in [0.1, 0.15) is 0 Å². The standard InChI is InChI=1S/C3H3N3O3.CH4/c7-1-4-2(8)6-3(9)5-1;/h(H3,4,5,6,7,8,9);1H4. The predicted molar refractivity (Wildman–Crippen MR) is 31.6 cm³/mol. The second-order valence-corrected chi connectivity index (χ2v) is 1.24. The molecule has 0 aliphatic carbocycles. The molecule has 0 radical (unpaired) electrons. The number of rotatable bonds is 0. The maximum absolute atomic E-state index is 8.41. The molecule has 0 saturated carbocycles. The van der Waals surface area contributed by atoms with Gasteiger partial charge in [0.25, 0.3) is 0 Å². The number of aromatic hydroxyl groups is 3. The van der Waals surface area contributed by atoms with Gasteiger partial charge < -0.3 is 15.3 Å². The van der Waals surface area contributed by atoms with Crippen LogP contribution in [0.1, 0.15) is 7.43 Å². The molecule has 1 aromatic rings. The van der Waals surface area contributed by atoms with Gasteiger partial charge in [0.15, 0.2) is 0 Å². The summed E-state index contributed by atoms with van der Waals surface area (Å²) in [5.41, 5.74) is 0. The topological polar surface area (TPSA) is 99.4 Å². The predicted octanol–water partition coefficient (Wildman–Crippen LogP) is -0.376. The first kappa shape index (κ1) is 8.41. The highest BCUT2D eigenvalue weighted by molar-refractivity contribution is 5.04. The summed E-state index contributed by atoms with van der Waals surface area (Å²) >= 11 is 0. The van der Waals surface area contributed by atoms with E-state index in [1.54, 1.807) is 0 Å². The molecule has 0 atom stereocenters. The maximum atomic E-state index is 8.41. The van der Waals surface area contributed by atoms with E-state index in [2.05, 4.69) is 15.0 Å². The Balaban J connectivity index is 0.000000810. The molecule has 0 bridgehead atoms. The van der Waals surface area contributed by atoms with Crippen LogP contribution in [0.4, 0.5) is 0 Å². The summed E-state index contributed by atoms with van der Waals surface area (Å²) in [6.45, 7) is 0. The van der Waals surface area contributed by atoms with Crippen LogP contribution in [0.5, 0.6) is 18.0 Å². The van der Waals surface area contributed by atoms with E-state index in [4.69, 9.17) is 15.3 Å². The molecule has 0 amide bonds. The molecule has 0 unspecified atom stereocenters. The molecule has 0 fully saturated rings. The SMILES string of the molecule is C.Oc1nc(O)nc(O)n1. The van der Waals surface area contributed by atoms with Crippen LogP contribution in [0.3, 0.4) is 0 Å². The summed E-state index contributed by atoms with van der Waals surface area (Å²) in [7, 11) is 0. The Labute approximate surface area is 56.8 Å². The highest BCUT2D eigenvalue weighted by Gasteiger charge is 1.99. The van der Waals surface area contributed by atoms with Gasteiger partial charge in [-0.1, -0.05) is 7.43 Å². The Morgan fingerprint density at radius 2 is 0.900 bits per heavy atom. The summed E-state index contributed by atoms with van der Waals surface area (Å²) in [4.78, 5) is 8.89. The molecule has 6 heteroatoms. The Hall–Kier alpha value is -1.59. The van der Waals surface area contributed by atoms with Crippen molar-refractivity contribution in [2.24, 2.45) is 0 Å². The van der Waals surface area contributed by atoms with Crippen molar-refractivity contribution in [2.75, 3.05) is 0 Å². The Bertz CT molecular complexity index is 177. The molecule has 0 spiro atoms. The van der Waals surface area contributed by atoms with E-state index in [1.807, 2.05) is 0 Å². The Kier molecular flexibility index (Phi) is 2.36. The van der Waals surface area contributed by atoms with Crippen molar-refractivity contribution in [3.8, 4) is 18.0 Å². The van der Waals surface area contributed by atoms with Crippen molar-refractivity contribution in [2.45, 2.75) is 7.43 Å². The van der Waals surface area contributed by atoms with Crippen molar-refractivity contribution in [1.29, 1.82) is 0 Å². The van der Waals surface area contributed by atoms with E-state index in [1.165, 1.54) is 0 Å². The first-order valence-electron chi connectivity index (χ1n) is 2.01. The van der Waals surface area contributed by atoms with Crippen LogP contribution in [0.2, 0.25) is 0 Å². The van der Waals surface area contributed by atoms with Gasteiger partial charge in [-0.2, -0.15) is 0 Å². The van der Waals surface area contributed by atoms with Gasteiger partial charge in [0.2, 0.25) is 0 Å².